The Kier molecular flexibility index (Phi) is 5.76. The minimum absolute atomic E-state index is 0.0318. The zero-order valence-corrected chi connectivity index (χ0v) is 17.7. The van der Waals surface area contributed by atoms with E-state index >= 15 is 0 Å². The normalized spacial score (nSPS) is 20.5. The summed E-state index contributed by atoms with van der Waals surface area (Å²) >= 11 is 2.52. The van der Waals surface area contributed by atoms with Gasteiger partial charge in [-0.15, -0.1) is 0 Å². The summed E-state index contributed by atoms with van der Waals surface area (Å²) in [5, 5.41) is 25.9. The Balaban J connectivity index is 1.52. The topological polar surface area (TPSA) is 119 Å². The lowest BCUT2D eigenvalue weighted by Crippen LogP contribution is -2.48. The Morgan fingerprint density at radius 3 is 2.77 bits per heavy atom. The van der Waals surface area contributed by atoms with Crippen molar-refractivity contribution >= 4 is 50.3 Å². The molecule has 9 heteroatoms. The van der Waals surface area contributed by atoms with E-state index in [0.717, 1.165) is 41.2 Å². The first-order valence-electron chi connectivity index (χ1n) is 9.71. The fourth-order valence-corrected chi connectivity index (χ4v) is 6.06. The van der Waals surface area contributed by atoms with Crippen molar-refractivity contribution in [1.29, 1.82) is 10.5 Å². The van der Waals surface area contributed by atoms with Gasteiger partial charge in [0.15, 0.2) is 5.13 Å². The molecule has 0 radical (unpaired) electrons. The third-order valence-corrected chi connectivity index (χ3v) is 7.60. The number of amides is 2. The first-order valence-corrected chi connectivity index (χ1v) is 11.5. The van der Waals surface area contributed by atoms with Crippen LogP contribution in [0.4, 0.5) is 5.13 Å². The number of rotatable bonds is 4. The Morgan fingerprint density at radius 1 is 1.30 bits per heavy atom. The van der Waals surface area contributed by atoms with Crippen LogP contribution in [-0.4, -0.2) is 22.6 Å². The van der Waals surface area contributed by atoms with Crippen LogP contribution in [0, 0.1) is 34.0 Å². The van der Waals surface area contributed by atoms with Crippen LogP contribution in [0.2, 0.25) is 0 Å². The first-order chi connectivity index (χ1) is 14.6. The summed E-state index contributed by atoms with van der Waals surface area (Å²) in [6.45, 7) is 0. The number of carbonyl (C=O) groups is 2. The Hall–Kier alpha value is -2.88. The molecule has 2 aliphatic rings. The van der Waals surface area contributed by atoms with Gasteiger partial charge in [-0.25, -0.2) is 4.98 Å². The van der Waals surface area contributed by atoms with Crippen LogP contribution in [0.5, 0.6) is 0 Å². The van der Waals surface area contributed by atoms with Crippen LogP contribution in [0.1, 0.15) is 32.1 Å². The molecule has 1 aromatic carbocycles. The van der Waals surface area contributed by atoms with E-state index in [9.17, 15) is 20.1 Å². The second-order valence-corrected chi connectivity index (χ2v) is 9.42. The van der Waals surface area contributed by atoms with Crippen LogP contribution in [0.3, 0.4) is 0 Å². The number of thioether (sulfide) groups is 1. The molecule has 1 spiro atoms. The van der Waals surface area contributed by atoms with Crippen molar-refractivity contribution in [2.24, 2.45) is 11.3 Å². The monoisotopic (exact) mass is 437 g/mol. The summed E-state index contributed by atoms with van der Waals surface area (Å²) in [4.78, 5) is 29.5. The largest absolute Gasteiger partial charge is 0.319 e. The van der Waals surface area contributed by atoms with Gasteiger partial charge in [-0.2, -0.15) is 10.5 Å². The van der Waals surface area contributed by atoms with Gasteiger partial charge in [0.25, 0.3) is 0 Å². The number of nitriles is 2. The maximum absolute atomic E-state index is 12.6. The quantitative estimate of drug-likeness (QED) is 0.748. The molecular weight excluding hydrogens is 418 g/mol. The highest BCUT2D eigenvalue weighted by atomic mass is 32.2. The van der Waals surface area contributed by atoms with E-state index in [1.807, 2.05) is 24.3 Å². The van der Waals surface area contributed by atoms with Crippen molar-refractivity contribution < 1.29 is 9.59 Å². The first kappa shape index (κ1) is 20.4. The van der Waals surface area contributed by atoms with Crippen molar-refractivity contribution in [3.05, 3.63) is 34.9 Å². The number of thiazole rings is 1. The van der Waals surface area contributed by atoms with Gasteiger partial charge in [-0.05, 0) is 25.0 Å². The van der Waals surface area contributed by atoms with Gasteiger partial charge in [0.1, 0.15) is 5.92 Å². The molecule has 1 saturated carbocycles. The summed E-state index contributed by atoms with van der Waals surface area (Å²) in [5.41, 5.74) is 0.517. The zero-order valence-electron chi connectivity index (χ0n) is 16.1. The molecule has 1 fully saturated rings. The van der Waals surface area contributed by atoms with Crippen molar-refractivity contribution in [2.75, 3.05) is 11.1 Å². The van der Waals surface area contributed by atoms with Crippen molar-refractivity contribution in [1.82, 2.24) is 10.3 Å². The molecule has 0 saturated heterocycles. The molecule has 1 unspecified atom stereocenters. The summed E-state index contributed by atoms with van der Waals surface area (Å²) in [7, 11) is 0. The zero-order chi connectivity index (χ0) is 21.1. The molecule has 1 aliphatic heterocycles. The van der Waals surface area contributed by atoms with E-state index in [0.29, 0.717) is 28.6 Å². The predicted molar refractivity (Wildman–Crippen MR) is 116 cm³/mol. The molecule has 1 aliphatic carbocycles. The SMILES string of the molecule is N#CC1=C(SCC(=O)Nc2nc3ccccc3s2)NC(=O)C(C#N)C12CCCCC2. The molecule has 152 valence electrons. The predicted octanol–water partition coefficient (Wildman–Crippen LogP) is 3.92. The molecule has 2 aromatic rings. The molecule has 30 heavy (non-hydrogen) atoms. The number of hydrogen-bond donors (Lipinski definition) is 2. The number of para-hydroxylation sites is 1. The average Bonchev–Trinajstić information content (AvgIpc) is 3.15. The van der Waals surface area contributed by atoms with Gasteiger partial charge in [0.05, 0.1) is 38.7 Å². The van der Waals surface area contributed by atoms with E-state index in [4.69, 9.17) is 0 Å². The highest BCUT2D eigenvalue weighted by Crippen LogP contribution is 2.51. The molecule has 2 amide bonds. The number of benzene rings is 1. The van der Waals surface area contributed by atoms with Gasteiger partial charge in [-0.1, -0.05) is 54.5 Å². The standard InChI is InChI=1S/C21H19N5O2S2/c22-10-13-18(28)26-19(14(11-23)21(13)8-4-1-5-9-21)29-12-17(27)25-20-24-15-6-2-3-7-16(15)30-20/h2-3,6-7,13H,1,4-5,8-9,12H2,(H,26,28)(H,24,25,27). The molecule has 2 heterocycles. The lowest BCUT2D eigenvalue weighted by atomic mass is 9.61. The summed E-state index contributed by atoms with van der Waals surface area (Å²) in [5.74, 6) is -1.48. The van der Waals surface area contributed by atoms with E-state index in [-0.39, 0.29) is 17.6 Å². The number of nitrogens with one attached hydrogen (secondary N) is 2. The van der Waals surface area contributed by atoms with E-state index in [2.05, 4.69) is 27.8 Å². The molecule has 2 N–H and O–H groups in total. The number of nitrogens with zero attached hydrogens (tertiary/aromatic N) is 3. The fourth-order valence-electron chi connectivity index (χ4n) is 4.26. The van der Waals surface area contributed by atoms with E-state index in [1.54, 1.807) is 0 Å². The molecule has 1 aromatic heterocycles. The molecule has 0 bridgehead atoms. The third kappa shape index (κ3) is 3.67. The van der Waals surface area contributed by atoms with Crippen molar-refractivity contribution in [2.45, 2.75) is 32.1 Å². The minimum atomic E-state index is -0.867. The number of anilines is 1. The number of fused-ring (bicyclic) bond motifs is 1. The fraction of sp³-hybridized carbons (Fsp3) is 0.381. The third-order valence-electron chi connectivity index (χ3n) is 5.65. The Morgan fingerprint density at radius 2 is 2.07 bits per heavy atom. The molecular formula is C21H19N5O2S2. The number of carbonyl (C=O) groups excluding carboxylic acids is 2. The number of hydrogen-bond acceptors (Lipinski definition) is 7. The van der Waals surface area contributed by atoms with Crippen molar-refractivity contribution in [3.63, 3.8) is 0 Å². The lowest BCUT2D eigenvalue weighted by Gasteiger charge is -2.43. The summed E-state index contributed by atoms with van der Waals surface area (Å²) < 4.78 is 0.983. The van der Waals surface area contributed by atoms with Crippen LogP contribution in [-0.2, 0) is 9.59 Å². The van der Waals surface area contributed by atoms with E-state index in [1.165, 1.54) is 11.3 Å². The van der Waals surface area contributed by atoms with Crippen LogP contribution in [0.15, 0.2) is 34.9 Å². The molecule has 1 atom stereocenters. The molecule has 7 nitrogen and oxygen atoms in total. The van der Waals surface area contributed by atoms with Crippen LogP contribution in [0.25, 0.3) is 10.2 Å². The van der Waals surface area contributed by atoms with Gasteiger partial charge < -0.3 is 10.6 Å². The van der Waals surface area contributed by atoms with Gasteiger partial charge >= 0.3 is 0 Å². The average molecular weight is 438 g/mol. The number of allylic oxidation sites excluding steroid dienone is 1. The van der Waals surface area contributed by atoms with Crippen molar-refractivity contribution in [3.8, 4) is 12.1 Å². The van der Waals surface area contributed by atoms with Gasteiger partial charge in [0.2, 0.25) is 11.8 Å². The molecule has 4 rings (SSSR count). The minimum Gasteiger partial charge on any atom is -0.319 e. The summed E-state index contributed by atoms with van der Waals surface area (Å²) in [6.07, 6.45) is 4.08. The smallest absolute Gasteiger partial charge is 0.243 e. The summed E-state index contributed by atoms with van der Waals surface area (Å²) in [6, 6.07) is 12.0. The maximum Gasteiger partial charge on any atom is 0.243 e. The van der Waals surface area contributed by atoms with Crippen LogP contribution < -0.4 is 10.6 Å². The highest BCUT2D eigenvalue weighted by molar-refractivity contribution is 8.03. The Bertz CT molecular complexity index is 1090. The Labute approximate surface area is 182 Å². The lowest BCUT2D eigenvalue weighted by molar-refractivity contribution is -0.126. The maximum atomic E-state index is 12.6. The van der Waals surface area contributed by atoms with E-state index < -0.39 is 11.3 Å². The second kappa shape index (κ2) is 8.47. The van der Waals surface area contributed by atoms with Gasteiger partial charge in [0, 0.05) is 5.41 Å². The van der Waals surface area contributed by atoms with Gasteiger partial charge in [-0.3, -0.25) is 9.59 Å². The highest BCUT2D eigenvalue weighted by Gasteiger charge is 2.51. The van der Waals surface area contributed by atoms with Crippen LogP contribution >= 0.6 is 23.1 Å². The second-order valence-electron chi connectivity index (χ2n) is 7.41. The number of aromatic nitrogens is 1.